The molecule has 1 saturated heterocycles. The van der Waals surface area contributed by atoms with Crippen molar-refractivity contribution >= 4 is 48.2 Å². The molecule has 1 aliphatic heterocycles. The summed E-state index contributed by atoms with van der Waals surface area (Å²) in [7, 11) is 0. The molecule has 0 radical (unpaired) electrons. The molecule has 0 bridgehead atoms. The fourth-order valence-electron chi connectivity index (χ4n) is 4.01. The average molecular weight is 560 g/mol. The summed E-state index contributed by atoms with van der Waals surface area (Å²) < 4.78 is 0. The maximum atomic E-state index is 13.0. The third-order valence-corrected chi connectivity index (χ3v) is 6.62. The van der Waals surface area contributed by atoms with Gasteiger partial charge in [-0.25, -0.2) is 4.79 Å². The van der Waals surface area contributed by atoms with Gasteiger partial charge in [-0.15, -0.1) is 0 Å². The summed E-state index contributed by atoms with van der Waals surface area (Å²) in [5.74, 6) is -5.26. The van der Waals surface area contributed by atoms with Gasteiger partial charge in [0.1, 0.15) is 24.2 Å². The minimum absolute atomic E-state index is 0.0689. The summed E-state index contributed by atoms with van der Waals surface area (Å²) in [6, 6.07) is -5.27. The number of hydrogen-bond acceptors (Lipinski definition) is 8. The minimum Gasteiger partial charge on any atom is -0.481 e. The topological polar surface area (TPSA) is 208 Å². The van der Waals surface area contributed by atoms with E-state index in [4.69, 9.17) is 10.8 Å². The lowest BCUT2D eigenvalue weighted by Gasteiger charge is -2.29. The van der Waals surface area contributed by atoms with Crippen LogP contribution >= 0.6 is 12.6 Å². The van der Waals surface area contributed by atoms with E-state index < -0.39 is 66.3 Å². The van der Waals surface area contributed by atoms with Gasteiger partial charge in [-0.2, -0.15) is 12.6 Å². The van der Waals surface area contributed by atoms with Crippen molar-refractivity contribution in [3.8, 4) is 0 Å². The molecule has 0 saturated carbocycles. The number of likely N-dealkylation sites (tertiary alicyclic amines) is 1. The van der Waals surface area contributed by atoms with Gasteiger partial charge < -0.3 is 36.8 Å². The second-order valence-corrected chi connectivity index (χ2v) is 10.6. The average Bonchev–Trinajstić information content (AvgIpc) is 3.32. The zero-order valence-electron chi connectivity index (χ0n) is 22.3. The Morgan fingerprint density at radius 2 is 1.53 bits per heavy atom. The van der Waals surface area contributed by atoms with Crippen LogP contribution in [0, 0.1) is 11.8 Å². The first-order chi connectivity index (χ1) is 17.7. The molecule has 0 spiro atoms. The molecule has 1 rings (SSSR count). The first kappa shape index (κ1) is 33.2. The molecule has 5 atom stereocenters. The predicted molar refractivity (Wildman–Crippen MR) is 141 cm³/mol. The predicted octanol–water partition coefficient (Wildman–Crippen LogP) is -0.660. The van der Waals surface area contributed by atoms with Crippen LogP contribution in [0.5, 0.6) is 0 Å². The molecule has 14 heteroatoms. The summed E-state index contributed by atoms with van der Waals surface area (Å²) in [4.78, 5) is 75.4. The lowest BCUT2D eigenvalue weighted by Crippen LogP contribution is -2.59. The number of nitrogens with one attached hydrogen (secondary N) is 3. The van der Waals surface area contributed by atoms with Crippen molar-refractivity contribution in [2.24, 2.45) is 17.6 Å². The van der Waals surface area contributed by atoms with Gasteiger partial charge in [0.25, 0.3) is 0 Å². The van der Waals surface area contributed by atoms with E-state index in [1.54, 1.807) is 13.8 Å². The van der Waals surface area contributed by atoms with Crippen LogP contribution in [-0.2, 0) is 28.8 Å². The Labute approximate surface area is 228 Å². The molecule has 0 aromatic rings. The number of thiol groups is 1. The number of carbonyl (C=O) groups is 6. The van der Waals surface area contributed by atoms with E-state index in [2.05, 4.69) is 28.6 Å². The quantitative estimate of drug-likeness (QED) is 0.127. The summed E-state index contributed by atoms with van der Waals surface area (Å²) in [6.45, 7) is 7.60. The SMILES string of the molecule is CC(C)C[C@H](NC(=O)[C@H](CS)NC(=O)[C@@H]1CCCN1C(=O)[C@@H](N)C(C)C)C(=O)N[C@@H](CCC(=O)O)C(=O)O. The zero-order chi connectivity index (χ0) is 29.2. The summed E-state index contributed by atoms with van der Waals surface area (Å²) in [5.41, 5.74) is 5.98. The normalized spacial score (nSPS) is 18.4. The number of amides is 4. The van der Waals surface area contributed by atoms with Crippen LogP contribution in [0.1, 0.15) is 59.8 Å². The molecule has 4 amide bonds. The van der Waals surface area contributed by atoms with E-state index in [-0.39, 0.29) is 36.3 Å². The van der Waals surface area contributed by atoms with Gasteiger partial charge in [0.05, 0.1) is 6.04 Å². The van der Waals surface area contributed by atoms with Gasteiger partial charge in [0, 0.05) is 18.7 Å². The highest BCUT2D eigenvalue weighted by molar-refractivity contribution is 7.80. The molecule has 7 N–H and O–H groups in total. The van der Waals surface area contributed by atoms with E-state index in [0.29, 0.717) is 19.4 Å². The smallest absolute Gasteiger partial charge is 0.326 e. The molecule has 216 valence electrons. The van der Waals surface area contributed by atoms with E-state index in [0.717, 1.165) is 0 Å². The Kier molecular flexibility index (Phi) is 13.5. The van der Waals surface area contributed by atoms with Gasteiger partial charge in [0.15, 0.2) is 0 Å². The van der Waals surface area contributed by atoms with Gasteiger partial charge >= 0.3 is 11.9 Å². The van der Waals surface area contributed by atoms with Crippen LogP contribution in [-0.4, -0.2) is 93.2 Å². The fourth-order valence-corrected chi connectivity index (χ4v) is 4.27. The highest BCUT2D eigenvalue weighted by Crippen LogP contribution is 2.20. The molecule has 0 aromatic heterocycles. The van der Waals surface area contributed by atoms with Gasteiger partial charge in [-0.05, 0) is 37.5 Å². The Bertz CT molecular complexity index is 884. The lowest BCUT2D eigenvalue weighted by molar-refractivity contribution is -0.143. The molecule has 38 heavy (non-hydrogen) atoms. The monoisotopic (exact) mass is 559 g/mol. The van der Waals surface area contributed by atoms with Crippen molar-refractivity contribution in [2.45, 2.75) is 90.0 Å². The third kappa shape index (κ3) is 10.1. The van der Waals surface area contributed by atoms with Crippen molar-refractivity contribution in [1.29, 1.82) is 0 Å². The van der Waals surface area contributed by atoms with E-state index in [1.807, 2.05) is 13.8 Å². The molecule has 1 fully saturated rings. The Hall–Kier alpha value is -2.87. The van der Waals surface area contributed by atoms with Gasteiger partial charge in [0.2, 0.25) is 23.6 Å². The number of nitrogens with two attached hydrogens (primary N) is 1. The molecule has 0 aromatic carbocycles. The van der Waals surface area contributed by atoms with E-state index in [1.165, 1.54) is 4.90 Å². The van der Waals surface area contributed by atoms with Crippen LogP contribution < -0.4 is 21.7 Å². The van der Waals surface area contributed by atoms with Crippen LogP contribution in [0.25, 0.3) is 0 Å². The molecule has 0 aliphatic carbocycles. The molecule has 1 heterocycles. The van der Waals surface area contributed by atoms with Crippen LogP contribution in [0.4, 0.5) is 0 Å². The first-order valence-electron chi connectivity index (χ1n) is 12.7. The standard InChI is InChI=1S/C24H41N5O8S/c1-12(2)10-15(20(32)26-14(24(36)37)7-8-18(30)31)27-21(33)16(11-38)28-22(34)17-6-5-9-29(17)23(35)19(25)13(3)4/h12-17,19,38H,5-11,25H2,1-4H3,(H,26,32)(H,27,33)(H,28,34)(H,30,31)(H,36,37)/t14-,15-,16-,17-,19-/m0/s1. The Morgan fingerprint density at radius 1 is 0.947 bits per heavy atom. The number of rotatable bonds is 15. The van der Waals surface area contributed by atoms with E-state index in [9.17, 15) is 33.9 Å². The molecule has 1 aliphatic rings. The minimum atomic E-state index is -1.45. The van der Waals surface area contributed by atoms with Gasteiger partial charge in [-0.3, -0.25) is 24.0 Å². The number of aliphatic carboxylic acids is 2. The number of carboxylic acid groups (broad SMARTS) is 2. The van der Waals surface area contributed by atoms with Crippen molar-refractivity contribution in [3.63, 3.8) is 0 Å². The molecular weight excluding hydrogens is 518 g/mol. The first-order valence-corrected chi connectivity index (χ1v) is 13.3. The van der Waals surface area contributed by atoms with Crippen molar-refractivity contribution in [1.82, 2.24) is 20.9 Å². The largest absolute Gasteiger partial charge is 0.481 e. The maximum absolute atomic E-state index is 13.0. The highest BCUT2D eigenvalue weighted by Gasteiger charge is 2.38. The third-order valence-electron chi connectivity index (χ3n) is 6.26. The van der Waals surface area contributed by atoms with E-state index >= 15 is 0 Å². The molecular formula is C24H41N5O8S. The number of nitrogens with zero attached hydrogens (tertiary/aromatic N) is 1. The molecule has 13 nitrogen and oxygen atoms in total. The van der Waals surface area contributed by atoms with Crippen LogP contribution in [0.3, 0.4) is 0 Å². The van der Waals surface area contributed by atoms with Crippen LogP contribution in [0.15, 0.2) is 0 Å². The Morgan fingerprint density at radius 3 is 2.03 bits per heavy atom. The number of carboxylic acids is 2. The highest BCUT2D eigenvalue weighted by atomic mass is 32.1. The lowest BCUT2D eigenvalue weighted by atomic mass is 10.0. The van der Waals surface area contributed by atoms with Gasteiger partial charge in [-0.1, -0.05) is 27.7 Å². The Balaban J connectivity index is 2.93. The summed E-state index contributed by atoms with van der Waals surface area (Å²) in [5, 5.41) is 25.6. The van der Waals surface area contributed by atoms with Crippen molar-refractivity contribution < 1.29 is 39.0 Å². The summed E-state index contributed by atoms with van der Waals surface area (Å²) >= 11 is 4.16. The maximum Gasteiger partial charge on any atom is 0.326 e. The van der Waals surface area contributed by atoms with Crippen molar-refractivity contribution in [3.05, 3.63) is 0 Å². The second-order valence-electron chi connectivity index (χ2n) is 10.2. The van der Waals surface area contributed by atoms with Crippen LogP contribution in [0.2, 0.25) is 0 Å². The molecule has 0 unspecified atom stereocenters. The fraction of sp³-hybridized carbons (Fsp3) is 0.750. The number of hydrogen-bond donors (Lipinski definition) is 7. The summed E-state index contributed by atoms with van der Waals surface area (Å²) in [6.07, 6.45) is 0.387. The van der Waals surface area contributed by atoms with Crippen molar-refractivity contribution in [2.75, 3.05) is 12.3 Å². The zero-order valence-corrected chi connectivity index (χ0v) is 23.2. The second kappa shape index (κ2) is 15.5. The number of carbonyl (C=O) groups excluding carboxylic acids is 4.